The summed E-state index contributed by atoms with van der Waals surface area (Å²) in [6.07, 6.45) is 1.03. The van der Waals surface area contributed by atoms with Gasteiger partial charge in [0, 0.05) is 16.1 Å². The van der Waals surface area contributed by atoms with Gasteiger partial charge in [-0.05, 0) is 30.5 Å². The van der Waals surface area contributed by atoms with Crippen molar-refractivity contribution in [3.8, 4) is 0 Å². The Bertz CT molecular complexity index is 364. The molecule has 1 aliphatic carbocycles. The monoisotopic (exact) mass is 253 g/mol. The van der Waals surface area contributed by atoms with Crippen molar-refractivity contribution in [2.75, 3.05) is 5.32 Å². The molecule has 1 saturated carbocycles. The number of hydrogen-bond donors (Lipinski definition) is 1. The second kappa shape index (κ2) is 3.73. The Balaban J connectivity index is 2.00. The first kappa shape index (κ1) is 9.71. The SMILES string of the molecule is C[C@H]1C[C@@H]1C(=O)Nc1cccc(Br)c1. The molecule has 1 N–H and O–H groups in total. The summed E-state index contributed by atoms with van der Waals surface area (Å²) in [6, 6.07) is 7.66. The molecule has 2 rings (SSSR count). The van der Waals surface area contributed by atoms with Gasteiger partial charge in [0.25, 0.3) is 0 Å². The highest BCUT2D eigenvalue weighted by Gasteiger charge is 2.38. The van der Waals surface area contributed by atoms with Crippen LogP contribution in [0.4, 0.5) is 5.69 Å². The third-order valence-corrected chi connectivity index (χ3v) is 3.03. The topological polar surface area (TPSA) is 29.1 Å². The molecular weight excluding hydrogens is 242 g/mol. The molecule has 1 aliphatic rings. The van der Waals surface area contributed by atoms with Gasteiger partial charge in [-0.25, -0.2) is 0 Å². The molecule has 0 bridgehead atoms. The summed E-state index contributed by atoms with van der Waals surface area (Å²) in [5.41, 5.74) is 0.864. The van der Waals surface area contributed by atoms with Crippen LogP contribution in [0.1, 0.15) is 13.3 Å². The van der Waals surface area contributed by atoms with Crippen LogP contribution in [-0.2, 0) is 4.79 Å². The summed E-state index contributed by atoms with van der Waals surface area (Å²) in [5.74, 6) is 0.937. The Kier molecular flexibility index (Phi) is 2.59. The van der Waals surface area contributed by atoms with Crippen molar-refractivity contribution in [3.05, 3.63) is 28.7 Å². The lowest BCUT2D eigenvalue weighted by molar-refractivity contribution is -0.117. The van der Waals surface area contributed by atoms with E-state index in [2.05, 4.69) is 28.2 Å². The van der Waals surface area contributed by atoms with Crippen molar-refractivity contribution in [2.24, 2.45) is 11.8 Å². The molecule has 2 atom stereocenters. The van der Waals surface area contributed by atoms with Crippen LogP contribution in [0.3, 0.4) is 0 Å². The zero-order valence-corrected chi connectivity index (χ0v) is 9.54. The fraction of sp³-hybridized carbons (Fsp3) is 0.364. The summed E-state index contributed by atoms with van der Waals surface area (Å²) < 4.78 is 0.985. The van der Waals surface area contributed by atoms with E-state index in [0.717, 1.165) is 16.6 Å². The van der Waals surface area contributed by atoms with Crippen LogP contribution in [0.5, 0.6) is 0 Å². The zero-order valence-electron chi connectivity index (χ0n) is 7.96. The molecule has 0 radical (unpaired) electrons. The number of carbonyl (C=O) groups is 1. The second-order valence-corrected chi connectivity index (χ2v) is 4.73. The number of nitrogens with one attached hydrogen (secondary N) is 1. The van der Waals surface area contributed by atoms with E-state index in [-0.39, 0.29) is 11.8 Å². The van der Waals surface area contributed by atoms with Gasteiger partial charge >= 0.3 is 0 Å². The minimum absolute atomic E-state index is 0.149. The average Bonchev–Trinajstić information content (AvgIpc) is 2.82. The van der Waals surface area contributed by atoms with Gasteiger partial charge in [0.2, 0.25) is 5.91 Å². The van der Waals surface area contributed by atoms with Gasteiger partial charge in [-0.2, -0.15) is 0 Å². The van der Waals surface area contributed by atoms with Gasteiger partial charge in [-0.15, -0.1) is 0 Å². The van der Waals surface area contributed by atoms with Gasteiger partial charge < -0.3 is 5.32 Å². The standard InChI is InChI=1S/C11H12BrNO/c1-7-5-10(7)11(14)13-9-4-2-3-8(12)6-9/h2-4,6-7,10H,5H2,1H3,(H,13,14)/t7-,10-/m0/s1. The molecule has 2 nitrogen and oxygen atoms in total. The molecule has 1 aromatic carbocycles. The van der Waals surface area contributed by atoms with Crippen molar-refractivity contribution < 1.29 is 4.79 Å². The molecule has 3 heteroatoms. The van der Waals surface area contributed by atoms with Crippen LogP contribution in [0.2, 0.25) is 0 Å². The number of carbonyl (C=O) groups excluding carboxylic acids is 1. The molecule has 0 heterocycles. The molecule has 1 aromatic rings. The highest BCUT2D eigenvalue weighted by atomic mass is 79.9. The highest BCUT2D eigenvalue weighted by molar-refractivity contribution is 9.10. The first-order valence-electron chi connectivity index (χ1n) is 4.73. The summed E-state index contributed by atoms with van der Waals surface area (Å²) >= 11 is 3.37. The third-order valence-electron chi connectivity index (χ3n) is 2.54. The lowest BCUT2D eigenvalue weighted by Crippen LogP contribution is -2.14. The Hall–Kier alpha value is -0.830. The number of benzene rings is 1. The Labute approximate surface area is 91.8 Å². The van der Waals surface area contributed by atoms with Crippen molar-refractivity contribution in [3.63, 3.8) is 0 Å². The summed E-state index contributed by atoms with van der Waals surface area (Å²) in [4.78, 5) is 11.6. The van der Waals surface area contributed by atoms with Crippen molar-refractivity contribution in [1.82, 2.24) is 0 Å². The molecular formula is C11H12BrNO. The van der Waals surface area contributed by atoms with E-state index < -0.39 is 0 Å². The average molecular weight is 254 g/mol. The van der Waals surface area contributed by atoms with Gasteiger partial charge in [0.15, 0.2) is 0 Å². The molecule has 0 aromatic heterocycles. The van der Waals surface area contributed by atoms with Crippen LogP contribution in [0.25, 0.3) is 0 Å². The minimum atomic E-state index is 0.149. The number of halogens is 1. The number of rotatable bonds is 2. The first-order valence-corrected chi connectivity index (χ1v) is 5.52. The number of hydrogen-bond acceptors (Lipinski definition) is 1. The molecule has 74 valence electrons. The minimum Gasteiger partial charge on any atom is -0.326 e. The summed E-state index contributed by atoms with van der Waals surface area (Å²) in [6.45, 7) is 2.10. The van der Waals surface area contributed by atoms with Crippen LogP contribution in [-0.4, -0.2) is 5.91 Å². The highest BCUT2D eigenvalue weighted by Crippen LogP contribution is 2.38. The van der Waals surface area contributed by atoms with Crippen molar-refractivity contribution >= 4 is 27.5 Å². The number of anilines is 1. The first-order chi connectivity index (χ1) is 6.66. The molecule has 1 fully saturated rings. The van der Waals surface area contributed by atoms with Gasteiger partial charge in [0.1, 0.15) is 0 Å². The normalized spacial score (nSPS) is 24.4. The molecule has 0 unspecified atom stereocenters. The van der Waals surface area contributed by atoms with E-state index in [1.54, 1.807) is 0 Å². The zero-order chi connectivity index (χ0) is 10.1. The maximum atomic E-state index is 11.6. The molecule has 0 spiro atoms. The van der Waals surface area contributed by atoms with Gasteiger partial charge in [-0.1, -0.05) is 28.9 Å². The predicted molar refractivity (Wildman–Crippen MR) is 60.0 cm³/mol. The van der Waals surface area contributed by atoms with Crippen molar-refractivity contribution in [1.29, 1.82) is 0 Å². The summed E-state index contributed by atoms with van der Waals surface area (Å²) in [5, 5.41) is 2.91. The largest absolute Gasteiger partial charge is 0.326 e. The second-order valence-electron chi connectivity index (χ2n) is 3.82. The van der Waals surface area contributed by atoms with E-state index in [0.29, 0.717) is 5.92 Å². The molecule has 1 amide bonds. The van der Waals surface area contributed by atoms with Crippen molar-refractivity contribution in [2.45, 2.75) is 13.3 Å². The van der Waals surface area contributed by atoms with E-state index in [4.69, 9.17) is 0 Å². The Morgan fingerprint density at radius 3 is 2.86 bits per heavy atom. The van der Waals surface area contributed by atoms with E-state index >= 15 is 0 Å². The Morgan fingerprint density at radius 1 is 1.57 bits per heavy atom. The smallest absolute Gasteiger partial charge is 0.227 e. The van der Waals surface area contributed by atoms with Gasteiger partial charge in [-0.3, -0.25) is 4.79 Å². The van der Waals surface area contributed by atoms with E-state index in [1.165, 1.54) is 0 Å². The van der Waals surface area contributed by atoms with Crippen LogP contribution < -0.4 is 5.32 Å². The molecule has 0 aliphatic heterocycles. The predicted octanol–water partition coefficient (Wildman–Crippen LogP) is 3.04. The van der Waals surface area contributed by atoms with Gasteiger partial charge in [0.05, 0.1) is 0 Å². The van der Waals surface area contributed by atoms with E-state index in [1.807, 2.05) is 24.3 Å². The lowest BCUT2D eigenvalue weighted by atomic mass is 10.3. The lowest BCUT2D eigenvalue weighted by Gasteiger charge is -2.04. The van der Waals surface area contributed by atoms with Crippen LogP contribution in [0, 0.1) is 11.8 Å². The maximum Gasteiger partial charge on any atom is 0.227 e. The number of amides is 1. The molecule has 0 saturated heterocycles. The quantitative estimate of drug-likeness (QED) is 0.863. The fourth-order valence-corrected chi connectivity index (χ4v) is 1.89. The third kappa shape index (κ3) is 2.15. The molecule has 14 heavy (non-hydrogen) atoms. The maximum absolute atomic E-state index is 11.6. The fourth-order valence-electron chi connectivity index (χ4n) is 1.49. The Morgan fingerprint density at radius 2 is 2.29 bits per heavy atom. The summed E-state index contributed by atoms with van der Waals surface area (Å²) in [7, 11) is 0. The van der Waals surface area contributed by atoms with E-state index in [9.17, 15) is 4.79 Å². The van der Waals surface area contributed by atoms with Crippen LogP contribution in [0.15, 0.2) is 28.7 Å². The van der Waals surface area contributed by atoms with Crippen LogP contribution >= 0.6 is 15.9 Å².